The van der Waals surface area contributed by atoms with Gasteiger partial charge in [0.15, 0.2) is 0 Å². The molecule has 4 heteroatoms. The molecule has 4 nitrogen and oxygen atoms in total. The van der Waals surface area contributed by atoms with Gasteiger partial charge in [0.2, 0.25) is 0 Å². The Labute approximate surface area is 125 Å². The first-order chi connectivity index (χ1) is 10.3. The largest absolute Gasteiger partial charge is 0.459 e. The number of hydrogen-bond donors (Lipinski definition) is 1. The Morgan fingerprint density at radius 3 is 2.90 bits per heavy atom. The Bertz CT molecular complexity index is 645. The molecule has 1 aromatic heterocycles. The monoisotopic (exact) mass is 286 g/mol. The SMILES string of the molecule is COCC1=CCN(Cc2c(CN)oc3ccccc23)CC1. The minimum atomic E-state index is 0.447. The number of fused-ring (bicyclic) bond motifs is 1. The van der Waals surface area contributed by atoms with Crippen molar-refractivity contribution in [3.8, 4) is 0 Å². The molecule has 0 saturated carbocycles. The van der Waals surface area contributed by atoms with E-state index >= 15 is 0 Å². The molecular weight excluding hydrogens is 264 g/mol. The van der Waals surface area contributed by atoms with Crippen molar-refractivity contribution < 1.29 is 9.15 Å². The fourth-order valence-corrected chi connectivity index (χ4v) is 2.92. The van der Waals surface area contributed by atoms with Gasteiger partial charge < -0.3 is 14.9 Å². The van der Waals surface area contributed by atoms with Crippen molar-refractivity contribution in [3.63, 3.8) is 0 Å². The van der Waals surface area contributed by atoms with E-state index in [1.807, 2.05) is 12.1 Å². The lowest BCUT2D eigenvalue weighted by Gasteiger charge is -2.26. The molecule has 1 aliphatic rings. The van der Waals surface area contributed by atoms with Gasteiger partial charge in [-0.25, -0.2) is 0 Å². The molecule has 0 aliphatic carbocycles. The van der Waals surface area contributed by atoms with Crippen molar-refractivity contribution in [2.24, 2.45) is 5.73 Å². The van der Waals surface area contributed by atoms with E-state index in [0.29, 0.717) is 6.54 Å². The summed E-state index contributed by atoms with van der Waals surface area (Å²) < 4.78 is 11.1. The summed E-state index contributed by atoms with van der Waals surface area (Å²) >= 11 is 0. The lowest BCUT2D eigenvalue weighted by Crippen LogP contribution is -2.29. The third-order valence-electron chi connectivity index (χ3n) is 4.07. The lowest BCUT2D eigenvalue weighted by atomic mass is 10.1. The van der Waals surface area contributed by atoms with Crippen LogP contribution in [0.5, 0.6) is 0 Å². The second-order valence-corrected chi connectivity index (χ2v) is 5.48. The van der Waals surface area contributed by atoms with Crippen LogP contribution >= 0.6 is 0 Å². The molecule has 3 rings (SSSR count). The fraction of sp³-hybridized carbons (Fsp3) is 0.412. The molecule has 2 heterocycles. The normalized spacial score (nSPS) is 16.4. The zero-order valence-corrected chi connectivity index (χ0v) is 12.5. The Morgan fingerprint density at radius 2 is 2.19 bits per heavy atom. The predicted octanol–water partition coefficient (Wildman–Crippen LogP) is 2.67. The van der Waals surface area contributed by atoms with Gasteiger partial charge in [-0.15, -0.1) is 0 Å². The van der Waals surface area contributed by atoms with E-state index in [0.717, 1.165) is 44.0 Å². The lowest BCUT2D eigenvalue weighted by molar-refractivity contribution is 0.210. The zero-order chi connectivity index (χ0) is 14.7. The van der Waals surface area contributed by atoms with E-state index in [2.05, 4.69) is 23.1 Å². The van der Waals surface area contributed by atoms with Crippen molar-refractivity contribution in [2.45, 2.75) is 19.5 Å². The minimum absolute atomic E-state index is 0.447. The fourth-order valence-electron chi connectivity index (χ4n) is 2.92. The summed E-state index contributed by atoms with van der Waals surface area (Å²) in [7, 11) is 1.75. The average Bonchev–Trinajstić information content (AvgIpc) is 2.87. The number of nitrogens with two attached hydrogens (primary N) is 1. The number of benzene rings is 1. The zero-order valence-electron chi connectivity index (χ0n) is 12.5. The highest BCUT2D eigenvalue weighted by Crippen LogP contribution is 2.27. The molecule has 0 amide bonds. The molecule has 0 atom stereocenters. The Kier molecular flexibility index (Phi) is 4.39. The van der Waals surface area contributed by atoms with Gasteiger partial charge in [-0.1, -0.05) is 24.3 Å². The molecule has 0 saturated heterocycles. The molecule has 1 aromatic carbocycles. The highest BCUT2D eigenvalue weighted by Gasteiger charge is 2.18. The van der Waals surface area contributed by atoms with Crippen LogP contribution in [-0.2, 0) is 17.8 Å². The summed E-state index contributed by atoms with van der Waals surface area (Å²) in [6.07, 6.45) is 3.35. The van der Waals surface area contributed by atoms with E-state index < -0.39 is 0 Å². The number of para-hydroxylation sites is 1. The van der Waals surface area contributed by atoms with Crippen molar-refractivity contribution in [1.29, 1.82) is 0 Å². The molecule has 0 fully saturated rings. The summed E-state index contributed by atoms with van der Waals surface area (Å²) in [6.45, 7) is 4.10. The maximum absolute atomic E-state index is 5.86. The highest BCUT2D eigenvalue weighted by molar-refractivity contribution is 5.82. The van der Waals surface area contributed by atoms with E-state index in [1.165, 1.54) is 16.5 Å². The number of furan rings is 1. The Balaban J connectivity index is 1.79. The van der Waals surface area contributed by atoms with E-state index in [9.17, 15) is 0 Å². The van der Waals surface area contributed by atoms with Gasteiger partial charge in [-0.2, -0.15) is 0 Å². The summed E-state index contributed by atoms with van der Waals surface area (Å²) in [5.74, 6) is 0.905. The number of rotatable bonds is 5. The number of methoxy groups -OCH3 is 1. The van der Waals surface area contributed by atoms with Crippen molar-refractivity contribution in [3.05, 3.63) is 47.2 Å². The van der Waals surface area contributed by atoms with E-state index in [1.54, 1.807) is 7.11 Å². The summed E-state index contributed by atoms with van der Waals surface area (Å²) in [4.78, 5) is 2.43. The molecule has 0 spiro atoms. The van der Waals surface area contributed by atoms with Crippen LogP contribution in [0.1, 0.15) is 17.7 Å². The summed E-state index contributed by atoms with van der Waals surface area (Å²) in [5, 5.41) is 1.18. The quantitative estimate of drug-likeness (QED) is 0.859. The second-order valence-electron chi connectivity index (χ2n) is 5.48. The van der Waals surface area contributed by atoms with Gasteiger partial charge in [0.05, 0.1) is 13.2 Å². The molecule has 21 heavy (non-hydrogen) atoms. The maximum atomic E-state index is 5.86. The highest BCUT2D eigenvalue weighted by atomic mass is 16.5. The molecular formula is C17H22N2O2. The summed E-state index contributed by atoms with van der Waals surface area (Å²) in [5.41, 5.74) is 9.40. The van der Waals surface area contributed by atoms with E-state index in [4.69, 9.17) is 14.9 Å². The number of nitrogens with zero attached hydrogens (tertiary/aromatic N) is 1. The van der Waals surface area contributed by atoms with Crippen LogP contribution in [0, 0.1) is 0 Å². The second kappa shape index (κ2) is 6.43. The number of hydrogen-bond acceptors (Lipinski definition) is 4. The van der Waals surface area contributed by atoms with Gasteiger partial charge in [0.25, 0.3) is 0 Å². The third kappa shape index (κ3) is 3.02. The van der Waals surface area contributed by atoms with Crippen LogP contribution in [0.25, 0.3) is 11.0 Å². The Morgan fingerprint density at radius 1 is 1.33 bits per heavy atom. The predicted molar refractivity (Wildman–Crippen MR) is 84.0 cm³/mol. The molecule has 1 aliphatic heterocycles. The molecule has 2 aromatic rings. The van der Waals surface area contributed by atoms with Crippen LogP contribution in [0.4, 0.5) is 0 Å². The topological polar surface area (TPSA) is 51.6 Å². The van der Waals surface area contributed by atoms with Crippen molar-refractivity contribution in [1.82, 2.24) is 4.90 Å². The van der Waals surface area contributed by atoms with Crippen LogP contribution in [-0.4, -0.2) is 31.7 Å². The Hall–Kier alpha value is -1.62. The van der Waals surface area contributed by atoms with Crippen LogP contribution in [0.15, 0.2) is 40.3 Å². The van der Waals surface area contributed by atoms with E-state index in [-0.39, 0.29) is 0 Å². The molecule has 112 valence electrons. The first-order valence-electron chi connectivity index (χ1n) is 7.40. The maximum Gasteiger partial charge on any atom is 0.134 e. The van der Waals surface area contributed by atoms with Crippen molar-refractivity contribution >= 4 is 11.0 Å². The van der Waals surface area contributed by atoms with Gasteiger partial charge in [0, 0.05) is 37.7 Å². The van der Waals surface area contributed by atoms with Gasteiger partial charge in [-0.3, -0.25) is 4.90 Å². The van der Waals surface area contributed by atoms with Crippen LogP contribution in [0.3, 0.4) is 0 Å². The first kappa shape index (κ1) is 14.3. The first-order valence-corrected chi connectivity index (χ1v) is 7.40. The van der Waals surface area contributed by atoms with Crippen LogP contribution in [0.2, 0.25) is 0 Å². The summed E-state index contributed by atoms with van der Waals surface area (Å²) in [6, 6.07) is 8.17. The molecule has 2 N–H and O–H groups in total. The molecule has 0 radical (unpaired) electrons. The molecule has 0 unspecified atom stereocenters. The average molecular weight is 286 g/mol. The standard InChI is InChI=1S/C17H22N2O2/c1-20-12-13-6-8-19(9-7-13)11-15-14-4-2-3-5-16(14)21-17(15)10-18/h2-6H,7-12,18H2,1H3. The third-order valence-corrected chi connectivity index (χ3v) is 4.07. The van der Waals surface area contributed by atoms with Crippen LogP contribution < -0.4 is 5.73 Å². The van der Waals surface area contributed by atoms with Gasteiger partial charge >= 0.3 is 0 Å². The van der Waals surface area contributed by atoms with Gasteiger partial charge in [0.1, 0.15) is 11.3 Å². The van der Waals surface area contributed by atoms with Gasteiger partial charge in [-0.05, 0) is 18.1 Å². The molecule has 0 bridgehead atoms. The minimum Gasteiger partial charge on any atom is -0.459 e. The number of ether oxygens (including phenoxy) is 1. The van der Waals surface area contributed by atoms with Crippen molar-refractivity contribution in [2.75, 3.05) is 26.8 Å². The smallest absolute Gasteiger partial charge is 0.134 e.